The topological polar surface area (TPSA) is 52.7 Å². The number of rotatable bonds is 5. The van der Waals surface area contributed by atoms with Gasteiger partial charge in [0.05, 0.1) is 0 Å². The third-order valence-corrected chi connectivity index (χ3v) is 6.51. The Morgan fingerprint density at radius 2 is 1.96 bits per heavy atom. The fraction of sp³-hybridized carbons (Fsp3) is 0.619. The molecule has 3 atom stereocenters. The van der Waals surface area contributed by atoms with Crippen molar-refractivity contribution < 1.29 is 14.0 Å². The second-order valence-corrected chi connectivity index (χ2v) is 8.56. The number of carbonyl (C=O) groups is 2. The largest absolute Gasteiger partial charge is 0.352 e. The van der Waals surface area contributed by atoms with Gasteiger partial charge in [0, 0.05) is 30.7 Å². The molecular formula is C21H29ClFN3O2. The van der Waals surface area contributed by atoms with E-state index < -0.39 is 5.82 Å². The normalized spacial score (nSPS) is 25.7. The molecule has 154 valence electrons. The van der Waals surface area contributed by atoms with E-state index >= 15 is 0 Å². The number of carbonyl (C=O) groups excluding carboxylic acids is 2. The Labute approximate surface area is 171 Å². The fourth-order valence-electron chi connectivity index (χ4n) is 4.20. The van der Waals surface area contributed by atoms with Crippen LogP contribution in [-0.2, 0) is 11.3 Å². The quantitative estimate of drug-likeness (QED) is 0.797. The van der Waals surface area contributed by atoms with Gasteiger partial charge in [-0.15, -0.1) is 0 Å². The number of amides is 3. The van der Waals surface area contributed by atoms with E-state index in [-0.39, 0.29) is 24.5 Å². The van der Waals surface area contributed by atoms with Crippen LogP contribution < -0.4 is 5.32 Å². The van der Waals surface area contributed by atoms with E-state index in [2.05, 4.69) is 19.2 Å². The van der Waals surface area contributed by atoms with Crippen LogP contribution in [0.15, 0.2) is 18.2 Å². The minimum Gasteiger partial charge on any atom is -0.352 e. The first kappa shape index (κ1) is 20.9. The summed E-state index contributed by atoms with van der Waals surface area (Å²) in [5.41, 5.74) is 0.702. The average molecular weight is 410 g/mol. The van der Waals surface area contributed by atoms with Crippen molar-refractivity contribution in [3.63, 3.8) is 0 Å². The lowest BCUT2D eigenvalue weighted by atomic mass is 9.78. The number of hydrogen-bond acceptors (Lipinski definition) is 2. The SMILES string of the molecule is C[C@H]1[C@H](C)CCC[C@@H]1NC(=O)CN1CCCN(Cc2ccc(F)cc2Cl)C1=O. The lowest BCUT2D eigenvalue weighted by Crippen LogP contribution is -2.53. The van der Waals surface area contributed by atoms with Crippen molar-refractivity contribution in [3.05, 3.63) is 34.6 Å². The van der Waals surface area contributed by atoms with E-state index in [1.165, 1.54) is 18.6 Å². The highest BCUT2D eigenvalue weighted by Crippen LogP contribution is 2.29. The van der Waals surface area contributed by atoms with Crippen LogP contribution in [0.5, 0.6) is 0 Å². The van der Waals surface area contributed by atoms with E-state index in [0.29, 0.717) is 42.1 Å². The van der Waals surface area contributed by atoms with E-state index in [1.807, 2.05) is 0 Å². The van der Waals surface area contributed by atoms with Gasteiger partial charge >= 0.3 is 6.03 Å². The molecule has 0 bridgehead atoms. The number of urea groups is 1. The maximum atomic E-state index is 13.2. The van der Waals surface area contributed by atoms with Crippen LogP contribution in [0.1, 0.15) is 45.1 Å². The first-order valence-corrected chi connectivity index (χ1v) is 10.5. The zero-order valence-electron chi connectivity index (χ0n) is 16.6. The number of hydrogen-bond donors (Lipinski definition) is 1. The van der Waals surface area contributed by atoms with E-state index in [9.17, 15) is 14.0 Å². The van der Waals surface area contributed by atoms with Crippen molar-refractivity contribution >= 4 is 23.5 Å². The summed E-state index contributed by atoms with van der Waals surface area (Å²) in [7, 11) is 0. The van der Waals surface area contributed by atoms with Gasteiger partial charge in [-0.2, -0.15) is 0 Å². The van der Waals surface area contributed by atoms with Crippen molar-refractivity contribution in [2.45, 2.75) is 52.1 Å². The number of benzene rings is 1. The van der Waals surface area contributed by atoms with Gasteiger partial charge in [0.2, 0.25) is 5.91 Å². The molecule has 1 aliphatic heterocycles. The number of nitrogens with zero attached hydrogens (tertiary/aromatic N) is 2. The van der Waals surface area contributed by atoms with Crippen molar-refractivity contribution in [2.75, 3.05) is 19.6 Å². The van der Waals surface area contributed by atoms with Gasteiger partial charge in [0.1, 0.15) is 12.4 Å². The standard InChI is InChI=1S/C21H29ClFN3O2/c1-14-5-3-6-19(15(14)2)24-20(27)13-26-10-4-9-25(21(26)28)12-16-7-8-17(23)11-18(16)22/h7-8,11,14-15,19H,3-6,9-10,12-13H2,1-2H3,(H,24,27)/t14-,15+,19+/m1/s1. The van der Waals surface area contributed by atoms with Gasteiger partial charge in [-0.25, -0.2) is 9.18 Å². The summed E-state index contributed by atoms with van der Waals surface area (Å²) in [6.45, 7) is 5.97. The lowest BCUT2D eigenvalue weighted by Gasteiger charge is -2.37. The molecular weight excluding hydrogens is 381 g/mol. The second kappa shape index (κ2) is 9.12. The van der Waals surface area contributed by atoms with Crippen LogP contribution in [0.25, 0.3) is 0 Å². The molecule has 1 aromatic rings. The monoisotopic (exact) mass is 409 g/mol. The third kappa shape index (κ3) is 4.96. The zero-order valence-corrected chi connectivity index (χ0v) is 17.3. The van der Waals surface area contributed by atoms with Crippen molar-refractivity contribution in [2.24, 2.45) is 11.8 Å². The number of nitrogens with one attached hydrogen (secondary N) is 1. The summed E-state index contributed by atoms with van der Waals surface area (Å²) in [5.74, 6) is 0.558. The van der Waals surface area contributed by atoms with Gasteiger partial charge < -0.3 is 15.1 Å². The van der Waals surface area contributed by atoms with Crippen molar-refractivity contribution in [1.29, 1.82) is 0 Å². The smallest absolute Gasteiger partial charge is 0.320 e. The molecule has 1 aliphatic carbocycles. The van der Waals surface area contributed by atoms with Crippen LogP contribution in [-0.4, -0.2) is 47.4 Å². The van der Waals surface area contributed by atoms with Crippen molar-refractivity contribution in [3.8, 4) is 0 Å². The highest BCUT2D eigenvalue weighted by atomic mass is 35.5. The molecule has 28 heavy (non-hydrogen) atoms. The van der Waals surface area contributed by atoms with Crippen LogP contribution >= 0.6 is 11.6 Å². The molecule has 2 aliphatic rings. The maximum Gasteiger partial charge on any atom is 0.320 e. The highest BCUT2D eigenvalue weighted by Gasteiger charge is 2.31. The van der Waals surface area contributed by atoms with Crippen molar-refractivity contribution in [1.82, 2.24) is 15.1 Å². The molecule has 3 amide bonds. The summed E-state index contributed by atoms with van der Waals surface area (Å²) in [5, 5.41) is 3.44. The molecule has 1 saturated heterocycles. The lowest BCUT2D eigenvalue weighted by molar-refractivity contribution is -0.123. The minimum atomic E-state index is -0.400. The molecule has 0 spiro atoms. The Bertz CT molecular complexity index is 730. The molecule has 1 aromatic carbocycles. The van der Waals surface area contributed by atoms with E-state index in [4.69, 9.17) is 11.6 Å². The van der Waals surface area contributed by atoms with Crippen LogP contribution in [0.2, 0.25) is 5.02 Å². The Balaban J connectivity index is 1.57. The van der Waals surface area contributed by atoms with E-state index in [1.54, 1.807) is 15.9 Å². The molecule has 1 heterocycles. The first-order chi connectivity index (χ1) is 13.3. The second-order valence-electron chi connectivity index (χ2n) is 8.16. The highest BCUT2D eigenvalue weighted by molar-refractivity contribution is 6.31. The molecule has 0 aromatic heterocycles. The molecule has 1 saturated carbocycles. The van der Waals surface area contributed by atoms with E-state index in [0.717, 1.165) is 19.3 Å². The maximum absolute atomic E-state index is 13.2. The Kier molecular flexibility index (Phi) is 6.81. The summed E-state index contributed by atoms with van der Waals surface area (Å²) < 4.78 is 13.2. The summed E-state index contributed by atoms with van der Waals surface area (Å²) in [4.78, 5) is 28.6. The van der Waals surface area contributed by atoms with Crippen LogP contribution in [0, 0.1) is 17.7 Å². The molecule has 1 N–H and O–H groups in total. The minimum absolute atomic E-state index is 0.0735. The van der Waals surface area contributed by atoms with Gasteiger partial charge in [-0.1, -0.05) is 44.4 Å². The molecule has 0 radical (unpaired) electrons. The molecule has 7 heteroatoms. The molecule has 3 rings (SSSR count). The van der Waals surface area contributed by atoms with Gasteiger partial charge in [0.25, 0.3) is 0 Å². The Morgan fingerprint density at radius 3 is 2.71 bits per heavy atom. The van der Waals surface area contributed by atoms with Crippen LogP contribution in [0.4, 0.5) is 9.18 Å². The number of halogens is 2. The Morgan fingerprint density at radius 1 is 1.21 bits per heavy atom. The fourth-order valence-corrected chi connectivity index (χ4v) is 4.43. The predicted octanol–water partition coefficient (Wildman–Crippen LogP) is 4.05. The summed E-state index contributed by atoms with van der Waals surface area (Å²) in [6.07, 6.45) is 4.12. The Hall–Kier alpha value is -1.82. The summed E-state index contributed by atoms with van der Waals surface area (Å²) in [6, 6.07) is 4.20. The van der Waals surface area contributed by atoms with Gasteiger partial charge in [-0.3, -0.25) is 4.79 Å². The molecule has 0 unspecified atom stereocenters. The third-order valence-electron chi connectivity index (χ3n) is 6.16. The first-order valence-electron chi connectivity index (χ1n) is 10.1. The van der Waals surface area contributed by atoms with Gasteiger partial charge in [0.15, 0.2) is 0 Å². The van der Waals surface area contributed by atoms with Crippen LogP contribution in [0.3, 0.4) is 0 Å². The summed E-state index contributed by atoms with van der Waals surface area (Å²) >= 11 is 6.10. The molecule has 2 fully saturated rings. The zero-order chi connectivity index (χ0) is 20.3. The molecule has 5 nitrogen and oxygen atoms in total. The average Bonchev–Trinajstić information content (AvgIpc) is 2.64. The predicted molar refractivity (Wildman–Crippen MR) is 108 cm³/mol. The van der Waals surface area contributed by atoms with Gasteiger partial charge in [-0.05, 0) is 42.4 Å².